The highest BCUT2D eigenvalue weighted by Gasteiger charge is 2.50. The molecule has 1 aliphatic heterocycles. The smallest absolute Gasteiger partial charge is 0.160 e. The molecule has 62 heavy (non-hydrogen) atoms. The minimum Gasteiger partial charge on any atom is -0.457 e. The highest BCUT2D eigenvalue weighted by Crippen LogP contribution is 2.62. The van der Waals surface area contributed by atoms with Crippen LogP contribution in [0.25, 0.3) is 78.4 Å². The zero-order valence-electron chi connectivity index (χ0n) is 33.7. The number of aromatic nitrogens is 2. The van der Waals surface area contributed by atoms with Crippen LogP contribution in [0.4, 0.5) is 0 Å². The van der Waals surface area contributed by atoms with Gasteiger partial charge in [-0.25, -0.2) is 9.97 Å². The van der Waals surface area contributed by atoms with E-state index in [1.807, 2.05) is 24.3 Å². The minimum atomic E-state index is -0.482. The number of nitrogens with zero attached hydrogens (tertiary/aromatic N) is 2. The number of hydrogen-bond donors (Lipinski definition) is 0. The molecule has 12 rings (SSSR count). The number of ether oxygens (including phenoxy) is 1. The summed E-state index contributed by atoms with van der Waals surface area (Å²) in [5, 5.41) is 0. The lowest BCUT2D eigenvalue weighted by Gasteiger charge is -2.39. The molecule has 1 aromatic heterocycles. The molecule has 0 unspecified atom stereocenters. The largest absolute Gasteiger partial charge is 0.457 e. The number of hydrogen-bond acceptors (Lipinski definition) is 3. The summed E-state index contributed by atoms with van der Waals surface area (Å²) in [6, 6.07) is 81.9. The summed E-state index contributed by atoms with van der Waals surface area (Å²) in [5.41, 5.74) is 18.5. The van der Waals surface area contributed by atoms with E-state index in [2.05, 4.69) is 206 Å². The van der Waals surface area contributed by atoms with E-state index in [1.54, 1.807) is 0 Å². The van der Waals surface area contributed by atoms with Crippen LogP contribution in [0.2, 0.25) is 0 Å². The van der Waals surface area contributed by atoms with Crippen LogP contribution >= 0.6 is 0 Å². The Morgan fingerprint density at radius 1 is 0.274 bits per heavy atom. The summed E-state index contributed by atoms with van der Waals surface area (Å²) in [4.78, 5) is 10.3. The molecular weight excluding hydrogens is 753 g/mol. The zero-order valence-corrected chi connectivity index (χ0v) is 33.7. The summed E-state index contributed by atoms with van der Waals surface area (Å²) in [7, 11) is 0. The first-order valence-corrected chi connectivity index (χ1v) is 21.1. The molecule has 3 heteroatoms. The third-order valence-corrected chi connectivity index (χ3v) is 12.6. The van der Waals surface area contributed by atoms with E-state index in [9.17, 15) is 0 Å². The molecule has 0 radical (unpaired) electrons. The average Bonchev–Trinajstić information content (AvgIpc) is 3.65. The molecule has 290 valence electrons. The van der Waals surface area contributed by atoms with E-state index < -0.39 is 5.41 Å². The van der Waals surface area contributed by atoms with Crippen molar-refractivity contribution in [1.29, 1.82) is 0 Å². The maximum atomic E-state index is 6.84. The van der Waals surface area contributed by atoms with Crippen LogP contribution in [0.5, 0.6) is 11.5 Å². The van der Waals surface area contributed by atoms with Crippen molar-refractivity contribution >= 4 is 0 Å². The lowest BCUT2D eigenvalue weighted by molar-refractivity contribution is 0.436. The average molecular weight is 791 g/mol. The predicted octanol–water partition coefficient (Wildman–Crippen LogP) is 14.9. The molecule has 0 bridgehead atoms. The Kier molecular flexibility index (Phi) is 8.39. The van der Waals surface area contributed by atoms with Gasteiger partial charge in [0.2, 0.25) is 0 Å². The van der Waals surface area contributed by atoms with E-state index in [1.165, 1.54) is 33.4 Å². The van der Waals surface area contributed by atoms with Crippen LogP contribution in [0.15, 0.2) is 231 Å². The Balaban J connectivity index is 0.935. The van der Waals surface area contributed by atoms with E-state index in [-0.39, 0.29) is 0 Å². The second-order valence-corrected chi connectivity index (χ2v) is 16.1. The van der Waals surface area contributed by atoms with Crippen LogP contribution in [0.1, 0.15) is 22.3 Å². The topological polar surface area (TPSA) is 35.0 Å². The fraction of sp³-hybridized carbons (Fsp3) is 0.0169. The molecule has 1 aliphatic carbocycles. The molecule has 3 nitrogen and oxygen atoms in total. The van der Waals surface area contributed by atoms with E-state index >= 15 is 0 Å². The molecule has 2 aliphatic rings. The van der Waals surface area contributed by atoms with E-state index in [0.717, 1.165) is 73.0 Å². The van der Waals surface area contributed by atoms with Gasteiger partial charge in [0.05, 0.1) is 16.8 Å². The normalized spacial score (nSPS) is 12.8. The van der Waals surface area contributed by atoms with Gasteiger partial charge in [0, 0.05) is 27.8 Å². The number of benzene rings is 9. The zero-order chi connectivity index (χ0) is 41.0. The maximum Gasteiger partial charge on any atom is 0.160 e. The second kappa shape index (κ2) is 14.5. The summed E-state index contributed by atoms with van der Waals surface area (Å²) in [5.74, 6) is 2.46. The second-order valence-electron chi connectivity index (χ2n) is 16.1. The van der Waals surface area contributed by atoms with Crippen molar-refractivity contribution in [2.45, 2.75) is 5.41 Å². The Hall–Kier alpha value is -8.14. The molecule has 1 spiro atoms. The van der Waals surface area contributed by atoms with E-state index in [4.69, 9.17) is 14.7 Å². The molecule has 2 heterocycles. The van der Waals surface area contributed by atoms with Crippen molar-refractivity contribution in [2.75, 3.05) is 0 Å². The van der Waals surface area contributed by atoms with E-state index in [0.29, 0.717) is 5.82 Å². The molecule has 0 fully saturated rings. The van der Waals surface area contributed by atoms with Crippen LogP contribution in [-0.4, -0.2) is 9.97 Å². The maximum absolute atomic E-state index is 6.84. The van der Waals surface area contributed by atoms with Crippen molar-refractivity contribution in [2.24, 2.45) is 0 Å². The summed E-state index contributed by atoms with van der Waals surface area (Å²) in [6.07, 6.45) is 0. The quantitative estimate of drug-likeness (QED) is 0.168. The van der Waals surface area contributed by atoms with Gasteiger partial charge in [-0.05, 0) is 92.0 Å². The molecule has 0 saturated heterocycles. The lowest BCUT2D eigenvalue weighted by Crippen LogP contribution is -2.32. The highest BCUT2D eigenvalue weighted by molar-refractivity contribution is 5.89. The Labute approximate surface area is 361 Å². The first-order valence-electron chi connectivity index (χ1n) is 21.1. The van der Waals surface area contributed by atoms with Gasteiger partial charge >= 0.3 is 0 Å². The number of rotatable bonds is 6. The first kappa shape index (κ1) is 35.8. The molecule has 0 atom stereocenters. The minimum absolute atomic E-state index is 0.482. The lowest BCUT2D eigenvalue weighted by atomic mass is 9.66. The van der Waals surface area contributed by atoms with Crippen LogP contribution < -0.4 is 4.74 Å². The van der Waals surface area contributed by atoms with Crippen molar-refractivity contribution < 1.29 is 4.74 Å². The number of fused-ring (bicyclic) bond motifs is 9. The van der Waals surface area contributed by atoms with Crippen molar-refractivity contribution in [1.82, 2.24) is 9.97 Å². The summed E-state index contributed by atoms with van der Waals surface area (Å²) in [6.45, 7) is 0. The fourth-order valence-electron chi connectivity index (χ4n) is 9.72. The van der Waals surface area contributed by atoms with Crippen LogP contribution in [0, 0.1) is 0 Å². The predicted molar refractivity (Wildman–Crippen MR) is 252 cm³/mol. The van der Waals surface area contributed by atoms with Crippen molar-refractivity contribution in [3.63, 3.8) is 0 Å². The van der Waals surface area contributed by atoms with Gasteiger partial charge in [-0.15, -0.1) is 0 Å². The van der Waals surface area contributed by atoms with Gasteiger partial charge in [0.25, 0.3) is 0 Å². The molecular formula is C59H38N2O. The van der Waals surface area contributed by atoms with Crippen LogP contribution in [-0.2, 0) is 5.41 Å². The molecule has 0 amide bonds. The molecule has 10 aromatic rings. The van der Waals surface area contributed by atoms with Gasteiger partial charge < -0.3 is 4.74 Å². The Morgan fingerprint density at radius 3 is 1.29 bits per heavy atom. The van der Waals surface area contributed by atoms with Gasteiger partial charge in [0.15, 0.2) is 5.82 Å². The first-order chi connectivity index (χ1) is 30.7. The summed E-state index contributed by atoms with van der Waals surface area (Å²) >= 11 is 0. The third kappa shape index (κ3) is 5.82. The molecule has 9 aromatic carbocycles. The van der Waals surface area contributed by atoms with Crippen molar-refractivity contribution in [3.8, 4) is 89.9 Å². The molecule has 0 saturated carbocycles. The number of para-hydroxylation sites is 1. The van der Waals surface area contributed by atoms with Gasteiger partial charge in [0.1, 0.15) is 11.5 Å². The molecule has 0 N–H and O–H groups in total. The van der Waals surface area contributed by atoms with Gasteiger partial charge in [-0.2, -0.15) is 0 Å². The van der Waals surface area contributed by atoms with Gasteiger partial charge in [-0.1, -0.05) is 194 Å². The fourth-order valence-corrected chi connectivity index (χ4v) is 9.72. The Bertz CT molecular complexity index is 3290. The SMILES string of the molecule is c1ccc(-c2cccc(-c3cc(-c4cccc(-c5cccc(-c6ccc7c(c6)Oc6ccccc6C76c7ccccc7-c7ccccc76)c5)c4)nc(-c4ccccc4)n3)c2)cc1. The van der Waals surface area contributed by atoms with Gasteiger partial charge in [-0.3, -0.25) is 0 Å². The van der Waals surface area contributed by atoms with Crippen LogP contribution in [0.3, 0.4) is 0 Å². The summed E-state index contributed by atoms with van der Waals surface area (Å²) < 4.78 is 6.84. The standard InChI is InChI=1S/C59H38N2O/c1-3-16-39(17-4-1)41-20-14-24-46(35-41)54-38-55(61-58(60-54)40-18-5-2-6-19-40)47-25-15-23-44(36-47)42-21-13-22-43(34-42)45-32-33-53-57(37-45)62-56-31-12-11-30-52(56)59(53)50-28-9-7-26-48(50)49-27-8-10-29-51(49)59/h1-38H. The van der Waals surface area contributed by atoms with Crippen molar-refractivity contribution in [3.05, 3.63) is 253 Å². The monoisotopic (exact) mass is 790 g/mol. The highest BCUT2D eigenvalue weighted by atomic mass is 16.5. The third-order valence-electron chi connectivity index (χ3n) is 12.6. The Morgan fingerprint density at radius 2 is 0.694 bits per heavy atom.